The van der Waals surface area contributed by atoms with Gasteiger partial charge in [0.05, 0.1) is 6.10 Å². The molecule has 0 unspecified atom stereocenters. The Balaban J connectivity index is 0.000000423. The van der Waals surface area contributed by atoms with Crippen molar-refractivity contribution >= 4 is 5.97 Å². The van der Waals surface area contributed by atoms with E-state index in [0.717, 1.165) is 13.3 Å². The van der Waals surface area contributed by atoms with E-state index in [-0.39, 0.29) is 6.10 Å². The zero-order valence-electron chi connectivity index (χ0n) is 10.3. The molecule has 0 aromatic carbocycles. The van der Waals surface area contributed by atoms with E-state index in [1.54, 1.807) is 0 Å². The van der Waals surface area contributed by atoms with Crippen molar-refractivity contribution in [3.05, 3.63) is 0 Å². The maximum absolute atomic E-state index is 9.70. The van der Waals surface area contributed by atoms with Crippen LogP contribution in [-0.4, -0.2) is 22.3 Å². The molecule has 2 N–H and O–H groups in total. The molecule has 0 heterocycles. The van der Waals surface area contributed by atoms with E-state index >= 15 is 0 Å². The van der Waals surface area contributed by atoms with Gasteiger partial charge in [0, 0.05) is 6.92 Å². The van der Waals surface area contributed by atoms with E-state index in [2.05, 4.69) is 20.8 Å². The lowest BCUT2D eigenvalue weighted by Crippen LogP contribution is -2.34. The molecule has 0 aliphatic heterocycles. The number of carbonyl (C=O) groups is 1. The van der Waals surface area contributed by atoms with E-state index in [1.807, 2.05) is 0 Å². The van der Waals surface area contributed by atoms with Crippen LogP contribution in [0.2, 0.25) is 0 Å². The molecule has 1 rings (SSSR count). The summed E-state index contributed by atoms with van der Waals surface area (Å²) in [6.07, 6.45) is 4.71. The predicted molar refractivity (Wildman–Crippen MR) is 60.7 cm³/mol. The Morgan fingerprint density at radius 1 is 1.20 bits per heavy atom. The lowest BCUT2D eigenvalue weighted by molar-refractivity contribution is -0.134. The van der Waals surface area contributed by atoms with E-state index < -0.39 is 5.97 Å². The maximum atomic E-state index is 9.70. The molecule has 1 aliphatic rings. The van der Waals surface area contributed by atoms with Gasteiger partial charge in [-0.2, -0.15) is 0 Å². The molecule has 1 fully saturated rings. The quantitative estimate of drug-likeness (QED) is 0.654. The van der Waals surface area contributed by atoms with Gasteiger partial charge in [0.1, 0.15) is 0 Å². The molecule has 3 nitrogen and oxygen atoms in total. The molecule has 15 heavy (non-hydrogen) atoms. The van der Waals surface area contributed by atoms with Crippen molar-refractivity contribution < 1.29 is 15.0 Å². The summed E-state index contributed by atoms with van der Waals surface area (Å²) in [6.45, 7) is 7.77. The van der Waals surface area contributed by atoms with Crippen LogP contribution < -0.4 is 0 Å². The van der Waals surface area contributed by atoms with Crippen LogP contribution in [0.5, 0.6) is 0 Å². The van der Waals surface area contributed by atoms with Crippen molar-refractivity contribution in [3.8, 4) is 0 Å². The van der Waals surface area contributed by atoms with E-state index in [4.69, 9.17) is 9.90 Å². The van der Waals surface area contributed by atoms with Gasteiger partial charge >= 0.3 is 0 Å². The molecule has 0 saturated heterocycles. The monoisotopic (exact) mass is 216 g/mol. The van der Waals surface area contributed by atoms with E-state index in [1.165, 1.54) is 19.3 Å². The van der Waals surface area contributed by atoms with Crippen molar-refractivity contribution in [2.45, 2.75) is 59.5 Å². The molecule has 90 valence electrons. The molecule has 0 bridgehead atoms. The van der Waals surface area contributed by atoms with E-state index in [0.29, 0.717) is 11.3 Å². The summed E-state index contributed by atoms with van der Waals surface area (Å²) in [5, 5.41) is 17.1. The van der Waals surface area contributed by atoms with Gasteiger partial charge in [-0.15, -0.1) is 0 Å². The first-order valence-corrected chi connectivity index (χ1v) is 5.62. The second kappa shape index (κ2) is 6.11. The van der Waals surface area contributed by atoms with Gasteiger partial charge in [0.15, 0.2) is 0 Å². The van der Waals surface area contributed by atoms with Crippen LogP contribution in [0.25, 0.3) is 0 Å². The number of aliphatic carboxylic acids is 1. The van der Waals surface area contributed by atoms with Crippen LogP contribution in [0.1, 0.15) is 53.4 Å². The highest BCUT2D eigenvalue weighted by molar-refractivity contribution is 5.62. The standard InChI is InChI=1S/C10H20O.C2H4O2/c1-10(2,3)8-6-4-5-7-9(8)11;1-2(3)4/h8-9,11H,4-7H2,1-3H3;1H3,(H,3,4)/t8-,9+;/m0./s1. The Bertz CT molecular complexity index is 190. The molecule has 1 saturated carbocycles. The zero-order chi connectivity index (χ0) is 12.1. The minimum absolute atomic E-state index is 0.0382. The molecule has 0 aromatic rings. The van der Waals surface area contributed by atoms with Gasteiger partial charge in [0.2, 0.25) is 0 Å². The van der Waals surface area contributed by atoms with Crippen LogP contribution in [0, 0.1) is 11.3 Å². The number of aliphatic hydroxyl groups excluding tert-OH is 1. The van der Waals surface area contributed by atoms with Gasteiger partial charge in [-0.05, 0) is 24.2 Å². The highest BCUT2D eigenvalue weighted by Gasteiger charge is 2.32. The molecule has 0 radical (unpaired) electrons. The van der Waals surface area contributed by atoms with Crippen molar-refractivity contribution in [3.63, 3.8) is 0 Å². The molecule has 0 spiro atoms. The summed E-state index contributed by atoms with van der Waals surface area (Å²) in [5.41, 5.74) is 0.292. The predicted octanol–water partition coefficient (Wildman–Crippen LogP) is 2.67. The zero-order valence-corrected chi connectivity index (χ0v) is 10.3. The summed E-state index contributed by atoms with van der Waals surface area (Å²) >= 11 is 0. The topological polar surface area (TPSA) is 57.5 Å². The normalized spacial score (nSPS) is 26.5. The fourth-order valence-corrected chi connectivity index (χ4v) is 2.12. The largest absolute Gasteiger partial charge is 0.481 e. The molecule has 1 aliphatic carbocycles. The second-order valence-electron chi connectivity index (χ2n) is 5.34. The number of carboxylic acids is 1. The number of aliphatic hydroxyl groups is 1. The van der Waals surface area contributed by atoms with Crippen molar-refractivity contribution in [1.82, 2.24) is 0 Å². The first-order chi connectivity index (χ1) is 6.75. The van der Waals surface area contributed by atoms with Gasteiger partial charge in [0.25, 0.3) is 5.97 Å². The molecular weight excluding hydrogens is 192 g/mol. The number of carboxylic acid groups (broad SMARTS) is 1. The average molecular weight is 216 g/mol. The SMILES string of the molecule is CC(=O)O.CC(C)(C)[C@H]1CCCC[C@H]1O. The first kappa shape index (κ1) is 14.4. The Labute approximate surface area is 92.5 Å². The lowest BCUT2D eigenvalue weighted by atomic mass is 9.71. The lowest BCUT2D eigenvalue weighted by Gasteiger charge is -2.37. The van der Waals surface area contributed by atoms with Crippen LogP contribution >= 0.6 is 0 Å². The summed E-state index contributed by atoms with van der Waals surface area (Å²) < 4.78 is 0. The molecule has 0 aromatic heterocycles. The molecule has 2 atom stereocenters. The summed E-state index contributed by atoms with van der Waals surface area (Å²) in [5.74, 6) is -0.309. The fraction of sp³-hybridized carbons (Fsp3) is 0.917. The summed E-state index contributed by atoms with van der Waals surface area (Å²) in [7, 11) is 0. The summed E-state index contributed by atoms with van der Waals surface area (Å²) in [4.78, 5) is 9.00. The number of hydrogen-bond donors (Lipinski definition) is 2. The third kappa shape index (κ3) is 6.50. The van der Waals surface area contributed by atoms with Crippen molar-refractivity contribution in [1.29, 1.82) is 0 Å². The first-order valence-electron chi connectivity index (χ1n) is 5.62. The minimum Gasteiger partial charge on any atom is -0.481 e. The van der Waals surface area contributed by atoms with Gasteiger partial charge in [-0.25, -0.2) is 0 Å². The Kier molecular flexibility index (Phi) is 5.88. The fourth-order valence-electron chi connectivity index (χ4n) is 2.12. The maximum Gasteiger partial charge on any atom is 0.300 e. The second-order valence-corrected chi connectivity index (χ2v) is 5.34. The smallest absolute Gasteiger partial charge is 0.300 e. The molecular formula is C12H24O3. The van der Waals surface area contributed by atoms with Gasteiger partial charge < -0.3 is 10.2 Å². The minimum atomic E-state index is -0.833. The van der Waals surface area contributed by atoms with Crippen LogP contribution in [0.3, 0.4) is 0 Å². The highest BCUT2D eigenvalue weighted by Crippen LogP contribution is 2.37. The summed E-state index contributed by atoms with van der Waals surface area (Å²) in [6, 6.07) is 0. The Morgan fingerprint density at radius 2 is 1.60 bits per heavy atom. The van der Waals surface area contributed by atoms with Crippen LogP contribution in [0.15, 0.2) is 0 Å². The number of rotatable bonds is 0. The molecule has 3 heteroatoms. The van der Waals surface area contributed by atoms with Crippen molar-refractivity contribution in [2.24, 2.45) is 11.3 Å². The molecule has 0 amide bonds. The average Bonchev–Trinajstić information content (AvgIpc) is 2.01. The van der Waals surface area contributed by atoms with Crippen LogP contribution in [0.4, 0.5) is 0 Å². The third-order valence-electron chi connectivity index (χ3n) is 2.84. The Morgan fingerprint density at radius 3 is 1.87 bits per heavy atom. The van der Waals surface area contributed by atoms with Gasteiger partial charge in [-0.1, -0.05) is 33.6 Å². The van der Waals surface area contributed by atoms with Crippen LogP contribution in [-0.2, 0) is 4.79 Å². The Hall–Kier alpha value is -0.570. The van der Waals surface area contributed by atoms with E-state index in [9.17, 15) is 5.11 Å². The number of hydrogen-bond acceptors (Lipinski definition) is 2. The highest BCUT2D eigenvalue weighted by atomic mass is 16.4. The third-order valence-corrected chi connectivity index (χ3v) is 2.84. The van der Waals surface area contributed by atoms with Gasteiger partial charge in [-0.3, -0.25) is 4.79 Å². The van der Waals surface area contributed by atoms with Crippen molar-refractivity contribution in [2.75, 3.05) is 0 Å².